The molecule has 1 atom stereocenters. The van der Waals surface area contributed by atoms with Gasteiger partial charge in [-0.05, 0) is 17.9 Å². The zero-order valence-corrected chi connectivity index (χ0v) is 9.77. The minimum atomic E-state index is 0.443. The van der Waals surface area contributed by atoms with Crippen LogP contribution in [0.1, 0.15) is 13.3 Å². The molecule has 0 spiro atoms. The fourth-order valence-corrected chi connectivity index (χ4v) is 0.636. The largest absolute Gasteiger partial charge is 0.179 e. The lowest BCUT2D eigenvalue weighted by atomic mass is 10.6. The second-order valence-electron chi connectivity index (χ2n) is 1.83. The fraction of sp³-hybridized carbons (Fsp3) is 1.00. The third-order valence-corrected chi connectivity index (χ3v) is 2.23. The summed E-state index contributed by atoms with van der Waals surface area (Å²) >= 11 is 15.9. The van der Waals surface area contributed by atoms with E-state index in [-0.39, 0.29) is 0 Å². The molecule has 0 nitrogen and oxygen atoms in total. The van der Waals surface area contributed by atoms with Crippen molar-refractivity contribution in [3.63, 3.8) is 0 Å². The molecule has 0 rings (SSSR count). The van der Waals surface area contributed by atoms with E-state index in [1.165, 1.54) is 0 Å². The lowest BCUT2D eigenvalue weighted by molar-refractivity contribution is 1.14. The Morgan fingerprint density at radius 1 is 1.10 bits per heavy atom. The Balaban J connectivity index is 0. The highest BCUT2D eigenvalue weighted by atomic mass is 32.1. The summed E-state index contributed by atoms with van der Waals surface area (Å²) in [6.45, 7) is 2.01. The normalized spacial score (nSPS) is 11.7. The summed E-state index contributed by atoms with van der Waals surface area (Å²) < 4.78 is 0. The lowest BCUT2D eigenvalue weighted by Crippen LogP contribution is -1.88. The summed E-state index contributed by atoms with van der Waals surface area (Å²) in [7, 11) is 0. The van der Waals surface area contributed by atoms with Crippen molar-refractivity contribution in [3.8, 4) is 0 Å². The van der Waals surface area contributed by atoms with Gasteiger partial charge in [0.25, 0.3) is 0 Å². The standard InChI is InChI=1S/2C3H8S2/c1-3(5)2-4;4-2-1-3-5/h3-5H,2H2,1H3;4-5H,1-3H2. The molecular weight excluding hydrogens is 200 g/mol. The van der Waals surface area contributed by atoms with Crippen molar-refractivity contribution < 1.29 is 0 Å². The second-order valence-corrected chi connectivity index (χ2v) is 3.97. The average molecular weight is 216 g/mol. The van der Waals surface area contributed by atoms with Crippen molar-refractivity contribution in [3.05, 3.63) is 0 Å². The van der Waals surface area contributed by atoms with Crippen LogP contribution in [0.4, 0.5) is 0 Å². The topological polar surface area (TPSA) is 0 Å². The van der Waals surface area contributed by atoms with Gasteiger partial charge in [0.15, 0.2) is 0 Å². The van der Waals surface area contributed by atoms with Gasteiger partial charge in [0.1, 0.15) is 0 Å². The van der Waals surface area contributed by atoms with Crippen molar-refractivity contribution in [2.45, 2.75) is 18.6 Å². The van der Waals surface area contributed by atoms with E-state index in [0.29, 0.717) is 5.25 Å². The molecule has 0 aliphatic heterocycles. The van der Waals surface area contributed by atoms with Gasteiger partial charge in [0.05, 0.1) is 0 Å². The van der Waals surface area contributed by atoms with Crippen LogP contribution in [0.5, 0.6) is 0 Å². The number of rotatable bonds is 3. The van der Waals surface area contributed by atoms with Crippen molar-refractivity contribution in [1.29, 1.82) is 0 Å². The van der Waals surface area contributed by atoms with Crippen molar-refractivity contribution >= 4 is 50.5 Å². The minimum Gasteiger partial charge on any atom is -0.179 e. The van der Waals surface area contributed by atoms with Gasteiger partial charge in [0.2, 0.25) is 0 Å². The Labute approximate surface area is 86.2 Å². The van der Waals surface area contributed by atoms with E-state index in [4.69, 9.17) is 0 Å². The predicted molar refractivity (Wildman–Crippen MR) is 64.6 cm³/mol. The van der Waals surface area contributed by atoms with Gasteiger partial charge in [-0.2, -0.15) is 50.5 Å². The van der Waals surface area contributed by atoms with E-state index in [9.17, 15) is 0 Å². The fourth-order valence-electron chi connectivity index (χ4n) is 0.0707. The number of thiol groups is 4. The quantitative estimate of drug-likeness (QED) is 0.512. The molecule has 0 saturated carbocycles. The third-order valence-electron chi connectivity index (χ3n) is 0.580. The van der Waals surface area contributed by atoms with Crippen LogP contribution >= 0.6 is 50.5 Å². The van der Waals surface area contributed by atoms with E-state index in [1.807, 2.05) is 6.92 Å². The predicted octanol–water partition coefficient (Wildman–Crippen LogP) is 2.47. The molecule has 4 heteroatoms. The molecule has 0 heterocycles. The second kappa shape index (κ2) is 13.0. The summed E-state index contributed by atoms with van der Waals surface area (Å²) in [6, 6.07) is 0. The summed E-state index contributed by atoms with van der Waals surface area (Å²) in [5.74, 6) is 2.79. The molecule has 0 radical (unpaired) electrons. The lowest BCUT2D eigenvalue weighted by Gasteiger charge is -1.89. The Hall–Kier alpha value is 1.40. The molecule has 64 valence electrons. The number of hydrogen-bond donors (Lipinski definition) is 4. The first kappa shape index (κ1) is 14.0. The Bertz CT molecular complexity index is 45.0. The van der Waals surface area contributed by atoms with Gasteiger partial charge in [-0.25, -0.2) is 0 Å². The summed E-state index contributed by atoms with van der Waals surface area (Å²) in [5, 5.41) is 0.443. The minimum absolute atomic E-state index is 0.443. The average Bonchev–Trinajstić information content (AvgIpc) is 1.91. The molecule has 0 saturated heterocycles. The number of hydrogen-bond acceptors (Lipinski definition) is 4. The van der Waals surface area contributed by atoms with Gasteiger partial charge in [-0.3, -0.25) is 0 Å². The smallest absolute Gasteiger partial charge is 0.00766 e. The van der Waals surface area contributed by atoms with Crippen molar-refractivity contribution in [2.24, 2.45) is 0 Å². The molecule has 0 N–H and O–H groups in total. The van der Waals surface area contributed by atoms with E-state index in [1.54, 1.807) is 0 Å². The monoisotopic (exact) mass is 216 g/mol. The highest BCUT2D eigenvalue weighted by molar-refractivity contribution is 7.84. The van der Waals surface area contributed by atoms with Crippen LogP contribution in [0.15, 0.2) is 0 Å². The zero-order valence-electron chi connectivity index (χ0n) is 6.19. The summed E-state index contributed by atoms with van der Waals surface area (Å²) in [4.78, 5) is 0. The Morgan fingerprint density at radius 3 is 1.40 bits per heavy atom. The first-order valence-corrected chi connectivity index (χ1v) is 5.61. The van der Waals surface area contributed by atoms with E-state index in [0.717, 1.165) is 23.7 Å². The molecule has 1 unspecified atom stereocenters. The van der Waals surface area contributed by atoms with Crippen LogP contribution in [-0.2, 0) is 0 Å². The van der Waals surface area contributed by atoms with Gasteiger partial charge >= 0.3 is 0 Å². The molecule has 0 bridgehead atoms. The molecule has 0 aromatic carbocycles. The van der Waals surface area contributed by atoms with Crippen LogP contribution in [0.3, 0.4) is 0 Å². The van der Waals surface area contributed by atoms with Crippen molar-refractivity contribution in [1.82, 2.24) is 0 Å². The van der Waals surface area contributed by atoms with Gasteiger partial charge in [-0.15, -0.1) is 0 Å². The van der Waals surface area contributed by atoms with E-state index >= 15 is 0 Å². The maximum Gasteiger partial charge on any atom is 0.00766 e. The molecule has 10 heavy (non-hydrogen) atoms. The van der Waals surface area contributed by atoms with Crippen LogP contribution in [0, 0.1) is 0 Å². The summed E-state index contributed by atoms with van der Waals surface area (Å²) in [5.41, 5.74) is 0. The Kier molecular flexibility index (Phi) is 18.2. The molecule has 0 aromatic heterocycles. The highest BCUT2D eigenvalue weighted by Gasteiger charge is 1.81. The first-order valence-electron chi connectivity index (χ1n) is 3.19. The third kappa shape index (κ3) is 22.7. The van der Waals surface area contributed by atoms with Crippen LogP contribution < -0.4 is 0 Å². The first-order chi connectivity index (χ1) is 4.68. The maximum atomic E-state index is 4.02. The van der Waals surface area contributed by atoms with E-state index in [2.05, 4.69) is 50.5 Å². The maximum absolute atomic E-state index is 4.02. The molecule has 0 fully saturated rings. The molecule has 0 aliphatic rings. The van der Waals surface area contributed by atoms with Crippen LogP contribution in [0.25, 0.3) is 0 Å². The van der Waals surface area contributed by atoms with Gasteiger partial charge in [0, 0.05) is 11.0 Å². The van der Waals surface area contributed by atoms with Gasteiger partial charge in [-0.1, -0.05) is 6.92 Å². The van der Waals surface area contributed by atoms with E-state index < -0.39 is 0 Å². The Morgan fingerprint density at radius 2 is 1.40 bits per heavy atom. The van der Waals surface area contributed by atoms with Crippen LogP contribution in [-0.4, -0.2) is 22.5 Å². The molecule has 0 aliphatic carbocycles. The SMILES string of the molecule is CC(S)CS.SCCCS. The van der Waals surface area contributed by atoms with Gasteiger partial charge < -0.3 is 0 Å². The molecule has 0 amide bonds. The molecule has 0 aromatic rings. The van der Waals surface area contributed by atoms with Crippen molar-refractivity contribution in [2.75, 3.05) is 17.3 Å². The molecular formula is C6H16S4. The van der Waals surface area contributed by atoms with Crippen LogP contribution in [0.2, 0.25) is 0 Å². The highest BCUT2D eigenvalue weighted by Crippen LogP contribution is 1.91. The zero-order chi connectivity index (χ0) is 8.41. The summed E-state index contributed by atoms with van der Waals surface area (Å²) in [6.07, 6.45) is 1.12.